The largest absolute Gasteiger partial charge is 0.480 e. The summed E-state index contributed by atoms with van der Waals surface area (Å²) in [6.07, 6.45) is 1.19. The van der Waals surface area contributed by atoms with Crippen LogP contribution in [0.25, 0.3) is 5.65 Å². The van der Waals surface area contributed by atoms with Crippen molar-refractivity contribution in [3.8, 4) is 5.88 Å². The number of methoxy groups -OCH3 is 1. The van der Waals surface area contributed by atoms with Crippen molar-refractivity contribution in [2.45, 2.75) is 25.3 Å². The summed E-state index contributed by atoms with van der Waals surface area (Å²) < 4.78 is 6.67. The molecule has 136 valence electrons. The molecule has 3 aromatic rings. The number of nitrogens with zero attached hydrogens (tertiary/aromatic N) is 4. The number of fused-ring (bicyclic) bond motifs is 1. The van der Waals surface area contributed by atoms with E-state index in [1.807, 2.05) is 30.3 Å². The lowest BCUT2D eigenvalue weighted by molar-refractivity contribution is -0.122. The third-order valence-electron chi connectivity index (χ3n) is 4.00. The topological polar surface area (TPSA) is 102 Å². The smallest absolute Gasteiger partial charge is 0.231 e. The molecule has 0 bridgehead atoms. The standard InChI is InChI=1S/C18H21N5O3/c1-26-18-10-8-16-21-20-15(23(16)22-18)7-9-17(25)19-14(12-24)11-13-5-3-2-4-6-13/h2-6,8,10,14,24H,7,9,11-12H2,1H3,(H,19,25)/t14-/m1/s1. The number of amides is 1. The van der Waals surface area contributed by atoms with E-state index in [0.717, 1.165) is 5.56 Å². The van der Waals surface area contributed by atoms with Crippen molar-refractivity contribution in [3.05, 3.63) is 53.9 Å². The van der Waals surface area contributed by atoms with Gasteiger partial charge in [0, 0.05) is 18.9 Å². The zero-order chi connectivity index (χ0) is 18.4. The van der Waals surface area contributed by atoms with Gasteiger partial charge in [0.15, 0.2) is 11.5 Å². The van der Waals surface area contributed by atoms with Crippen molar-refractivity contribution in [1.82, 2.24) is 25.1 Å². The molecule has 1 aromatic carbocycles. The van der Waals surface area contributed by atoms with Crippen LogP contribution in [-0.2, 0) is 17.6 Å². The Hall–Kier alpha value is -3.00. The van der Waals surface area contributed by atoms with Crippen molar-refractivity contribution in [1.29, 1.82) is 0 Å². The number of rotatable bonds is 8. The van der Waals surface area contributed by atoms with E-state index < -0.39 is 0 Å². The molecule has 2 aromatic heterocycles. The third-order valence-corrected chi connectivity index (χ3v) is 4.00. The summed E-state index contributed by atoms with van der Waals surface area (Å²) in [5.74, 6) is 0.878. The van der Waals surface area contributed by atoms with Gasteiger partial charge in [-0.3, -0.25) is 4.79 Å². The average Bonchev–Trinajstić information content (AvgIpc) is 3.08. The number of carbonyl (C=O) groups excluding carboxylic acids is 1. The van der Waals surface area contributed by atoms with Crippen LogP contribution in [0, 0.1) is 0 Å². The van der Waals surface area contributed by atoms with Gasteiger partial charge in [0.25, 0.3) is 0 Å². The van der Waals surface area contributed by atoms with Gasteiger partial charge in [-0.15, -0.1) is 15.3 Å². The zero-order valence-electron chi connectivity index (χ0n) is 14.5. The van der Waals surface area contributed by atoms with Crippen LogP contribution in [0.5, 0.6) is 5.88 Å². The van der Waals surface area contributed by atoms with Crippen LogP contribution in [-0.4, -0.2) is 50.6 Å². The van der Waals surface area contributed by atoms with Gasteiger partial charge in [0.05, 0.1) is 19.8 Å². The molecule has 0 aliphatic rings. The van der Waals surface area contributed by atoms with E-state index >= 15 is 0 Å². The van der Waals surface area contributed by atoms with Gasteiger partial charge in [-0.05, 0) is 18.1 Å². The summed E-state index contributed by atoms with van der Waals surface area (Å²) in [7, 11) is 1.54. The monoisotopic (exact) mass is 355 g/mol. The first kappa shape index (κ1) is 17.8. The maximum absolute atomic E-state index is 12.2. The van der Waals surface area contributed by atoms with Crippen molar-refractivity contribution < 1.29 is 14.6 Å². The summed E-state index contributed by atoms with van der Waals surface area (Å²) in [6, 6.07) is 12.9. The van der Waals surface area contributed by atoms with Crippen LogP contribution < -0.4 is 10.1 Å². The van der Waals surface area contributed by atoms with Crippen molar-refractivity contribution >= 4 is 11.6 Å². The number of hydrogen-bond acceptors (Lipinski definition) is 6. The minimum absolute atomic E-state index is 0.118. The molecule has 1 atom stereocenters. The molecule has 0 saturated carbocycles. The highest BCUT2D eigenvalue weighted by molar-refractivity contribution is 5.76. The predicted octanol–water partition coefficient (Wildman–Crippen LogP) is 0.785. The van der Waals surface area contributed by atoms with Crippen molar-refractivity contribution in [2.75, 3.05) is 13.7 Å². The molecule has 0 aliphatic heterocycles. The molecule has 1 amide bonds. The van der Waals surface area contributed by atoms with Gasteiger partial charge in [-0.25, -0.2) is 0 Å². The molecule has 0 aliphatic carbocycles. The van der Waals surface area contributed by atoms with Crippen molar-refractivity contribution in [2.24, 2.45) is 0 Å². The van der Waals surface area contributed by atoms with Crippen LogP contribution in [0.4, 0.5) is 0 Å². The fourth-order valence-corrected chi connectivity index (χ4v) is 2.67. The number of ether oxygens (including phenoxy) is 1. The number of aliphatic hydroxyl groups excluding tert-OH is 1. The second-order valence-corrected chi connectivity index (χ2v) is 5.90. The fraction of sp³-hybridized carbons (Fsp3) is 0.333. The fourth-order valence-electron chi connectivity index (χ4n) is 2.67. The minimum Gasteiger partial charge on any atom is -0.480 e. The van der Waals surface area contributed by atoms with Crippen LogP contribution >= 0.6 is 0 Å². The van der Waals surface area contributed by atoms with Gasteiger partial charge in [-0.2, -0.15) is 4.52 Å². The van der Waals surface area contributed by atoms with Crippen LogP contribution in [0.15, 0.2) is 42.5 Å². The molecule has 8 heteroatoms. The number of hydrogen-bond donors (Lipinski definition) is 2. The molecule has 26 heavy (non-hydrogen) atoms. The first-order valence-electron chi connectivity index (χ1n) is 8.39. The Labute approximate surface area is 150 Å². The summed E-state index contributed by atoms with van der Waals surface area (Å²) in [6.45, 7) is -0.118. The molecule has 3 rings (SSSR count). The molecular weight excluding hydrogens is 334 g/mol. The maximum atomic E-state index is 12.2. The molecule has 0 fully saturated rings. The number of carbonyl (C=O) groups is 1. The molecule has 0 spiro atoms. The van der Waals surface area contributed by atoms with E-state index in [4.69, 9.17) is 4.74 Å². The van der Waals surface area contributed by atoms with Crippen LogP contribution in [0.2, 0.25) is 0 Å². The molecule has 8 nitrogen and oxygen atoms in total. The van der Waals surface area contributed by atoms with E-state index in [-0.39, 0.29) is 25.0 Å². The maximum Gasteiger partial charge on any atom is 0.231 e. The van der Waals surface area contributed by atoms with Crippen LogP contribution in [0.1, 0.15) is 17.8 Å². The van der Waals surface area contributed by atoms with E-state index in [1.165, 1.54) is 7.11 Å². The summed E-state index contributed by atoms with van der Waals surface area (Å²) in [4.78, 5) is 12.2. The van der Waals surface area contributed by atoms with E-state index in [1.54, 1.807) is 16.6 Å². The van der Waals surface area contributed by atoms with Gasteiger partial charge in [0.2, 0.25) is 11.8 Å². The minimum atomic E-state index is -0.321. The van der Waals surface area contributed by atoms with E-state index in [0.29, 0.717) is 30.2 Å². The van der Waals surface area contributed by atoms with Gasteiger partial charge in [0.1, 0.15) is 0 Å². The van der Waals surface area contributed by atoms with Gasteiger partial charge < -0.3 is 15.2 Å². The normalized spacial score (nSPS) is 12.1. The lowest BCUT2D eigenvalue weighted by Crippen LogP contribution is -2.39. The summed E-state index contributed by atoms with van der Waals surface area (Å²) in [5.41, 5.74) is 1.66. The second kappa shape index (κ2) is 8.39. The molecule has 0 radical (unpaired) electrons. The molecule has 0 saturated heterocycles. The van der Waals surface area contributed by atoms with E-state index in [2.05, 4.69) is 20.6 Å². The Bertz CT molecular complexity index is 866. The lowest BCUT2D eigenvalue weighted by atomic mass is 10.1. The first-order chi connectivity index (χ1) is 12.7. The zero-order valence-corrected chi connectivity index (χ0v) is 14.5. The average molecular weight is 355 g/mol. The lowest BCUT2D eigenvalue weighted by Gasteiger charge is -2.16. The van der Waals surface area contributed by atoms with Crippen LogP contribution in [0.3, 0.4) is 0 Å². The summed E-state index contributed by atoms with van der Waals surface area (Å²) in [5, 5.41) is 24.7. The van der Waals surface area contributed by atoms with Gasteiger partial charge in [-0.1, -0.05) is 30.3 Å². The number of benzene rings is 1. The number of aryl methyl sites for hydroxylation is 1. The Morgan fingerprint density at radius 3 is 2.77 bits per heavy atom. The molecule has 2 N–H and O–H groups in total. The first-order valence-corrected chi connectivity index (χ1v) is 8.39. The third kappa shape index (κ3) is 4.34. The SMILES string of the molecule is COc1ccc2nnc(CCC(=O)N[C@@H](CO)Cc3ccccc3)n2n1. The highest BCUT2D eigenvalue weighted by Crippen LogP contribution is 2.10. The highest BCUT2D eigenvalue weighted by atomic mass is 16.5. The highest BCUT2D eigenvalue weighted by Gasteiger charge is 2.14. The van der Waals surface area contributed by atoms with Crippen molar-refractivity contribution in [3.63, 3.8) is 0 Å². The Morgan fingerprint density at radius 2 is 2.04 bits per heavy atom. The quantitative estimate of drug-likeness (QED) is 0.619. The van der Waals surface area contributed by atoms with Gasteiger partial charge >= 0.3 is 0 Å². The molecule has 2 heterocycles. The summed E-state index contributed by atoms with van der Waals surface area (Å²) >= 11 is 0. The Morgan fingerprint density at radius 1 is 1.23 bits per heavy atom. The molecule has 0 unspecified atom stereocenters. The number of aromatic nitrogens is 4. The number of nitrogens with one attached hydrogen (secondary N) is 1. The van der Waals surface area contributed by atoms with E-state index in [9.17, 15) is 9.90 Å². The predicted molar refractivity (Wildman–Crippen MR) is 94.8 cm³/mol. The number of aliphatic hydroxyl groups is 1. The Balaban J connectivity index is 1.58. The Kier molecular flexibility index (Phi) is 5.75. The molecular formula is C18H21N5O3. The second-order valence-electron chi connectivity index (χ2n) is 5.90.